The van der Waals surface area contributed by atoms with Crippen LogP contribution >= 0.6 is 11.6 Å². The third-order valence-electron chi connectivity index (χ3n) is 7.63. The van der Waals surface area contributed by atoms with Crippen LogP contribution in [0.2, 0.25) is 5.02 Å². The van der Waals surface area contributed by atoms with Crippen LogP contribution in [0.1, 0.15) is 69.4 Å². The second kappa shape index (κ2) is 8.93. The number of carbonyl (C=O) groups excluding carboxylic acids is 2. The van der Waals surface area contributed by atoms with Gasteiger partial charge in [0.15, 0.2) is 0 Å². The molecule has 0 spiro atoms. The van der Waals surface area contributed by atoms with Gasteiger partial charge in [-0.25, -0.2) is 9.29 Å². The minimum absolute atomic E-state index is 0.0154. The first-order chi connectivity index (χ1) is 17.5. The van der Waals surface area contributed by atoms with E-state index in [1.165, 1.54) is 37.3 Å². The summed E-state index contributed by atoms with van der Waals surface area (Å²) in [4.78, 5) is 29.2. The Labute approximate surface area is 214 Å². The Morgan fingerprint density at radius 3 is 2.11 bits per heavy atom. The van der Waals surface area contributed by atoms with Crippen LogP contribution in [0, 0.1) is 5.82 Å². The van der Waals surface area contributed by atoms with Crippen LogP contribution in [0.5, 0.6) is 5.75 Å². The lowest BCUT2D eigenvalue weighted by molar-refractivity contribution is 0.0925. The van der Waals surface area contributed by atoms with Crippen LogP contribution in [0.4, 0.5) is 15.8 Å². The molecule has 7 heteroatoms. The van der Waals surface area contributed by atoms with Crippen molar-refractivity contribution in [3.05, 3.63) is 87.7 Å². The number of benzene rings is 3. The highest BCUT2D eigenvalue weighted by molar-refractivity contribution is 6.34. The van der Waals surface area contributed by atoms with Gasteiger partial charge in [-0.1, -0.05) is 23.7 Å². The van der Waals surface area contributed by atoms with Gasteiger partial charge in [0.05, 0.1) is 23.9 Å². The summed E-state index contributed by atoms with van der Waals surface area (Å²) in [5.74, 6) is -0.456. The van der Waals surface area contributed by atoms with E-state index >= 15 is 4.39 Å². The van der Waals surface area contributed by atoms with Crippen LogP contribution in [0.3, 0.4) is 0 Å². The number of methoxy groups -OCH3 is 1. The Morgan fingerprint density at radius 1 is 0.861 bits per heavy atom. The van der Waals surface area contributed by atoms with Crippen LogP contribution in [0.15, 0.2) is 54.6 Å². The summed E-state index contributed by atoms with van der Waals surface area (Å²) in [5.41, 5.74) is 3.72. The molecule has 1 aliphatic carbocycles. The third-order valence-corrected chi connectivity index (χ3v) is 7.97. The van der Waals surface area contributed by atoms with Gasteiger partial charge in [-0.2, -0.15) is 0 Å². The average Bonchev–Trinajstić information content (AvgIpc) is 3.71. The first-order valence-electron chi connectivity index (χ1n) is 12.4. The lowest BCUT2D eigenvalue weighted by Gasteiger charge is -2.34. The molecule has 3 aromatic carbocycles. The van der Waals surface area contributed by atoms with Crippen LogP contribution in [-0.2, 0) is 0 Å². The van der Waals surface area contributed by atoms with Crippen molar-refractivity contribution in [3.8, 4) is 5.75 Å². The number of carbonyl (C=O) groups is 2. The normalized spacial score (nSPS) is 18.1. The van der Waals surface area contributed by atoms with Crippen LogP contribution < -0.4 is 14.5 Å². The molecule has 2 heterocycles. The van der Waals surface area contributed by atoms with E-state index in [1.54, 1.807) is 30.3 Å². The van der Waals surface area contributed by atoms with E-state index in [0.29, 0.717) is 28.4 Å². The van der Waals surface area contributed by atoms with E-state index in [-0.39, 0.29) is 11.6 Å². The minimum atomic E-state index is -0.470. The van der Waals surface area contributed by atoms with Gasteiger partial charge in [0.1, 0.15) is 11.6 Å². The molecule has 0 radical (unpaired) electrons. The molecule has 0 aromatic heterocycles. The van der Waals surface area contributed by atoms with Crippen LogP contribution in [-0.4, -0.2) is 32.0 Å². The van der Waals surface area contributed by atoms with E-state index in [1.807, 2.05) is 6.07 Å². The molecular formula is C29H26ClFN2O3. The summed E-state index contributed by atoms with van der Waals surface area (Å²) in [6.45, 7) is 1.61. The zero-order chi connectivity index (χ0) is 25.0. The zero-order valence-corrected chi connectivity index (χ0v) is 20.7. The number of imide groups is 1. The SMILES string of the molecule is COc1cc(C2CCN(c3ccc(Cl)c(C4CC4)c3)CC2)c(F)cc1N1C(=O)c2ccccc2C1=O. The van der Waals surface area contributed by atoms with Gasteiger partial charge < -0.3 is 9.64 Å². The number of amides is 2. The largest absolute Gasteiger partial charge is 0.495 e. The standard InChI is InChI=1S/C29H26ClFN2O3/c1-36-27-15-23(25(31)16-26(27)33-28(34)20-4-2-3-5-21(20)29(33)35)18-10-12-32(13-11-18)19-8-9-24(30)22(14-19)17-6-7-17/h2-5,8-9,14-18H,6-7,10-13H2,1H3. The number of anilines is 2. The summed E-state index contributed by atoms with van der Waals surface area (Å²) < 4.78 is 21.0. The second-order valence-corrected chi connectivity index (χ2v) is 10.2. The molecule has 2 amide bonds. The van der Waals surface area contributed by atoms with Crippen molar-refractivity contribution in [1.29, 1.82) is 0 Å². The Hall–Kier alpha value is -3.38. The Kier molecular flexibility index (Phi) is 5.72. The Balaban J connectivity index is 1.23. The number of hydrogen-bond donors (Lipinski definition) is 0. The molecule has 3 aromatic rings. The van der Waals surface area contributed by atoms with Gasteiger partial charge in [-0.05, 0) is 85.0 Å². The molecule has 184 valence electrons. The zero-order valence-electron chi connectivity index (χ0n) is 20.0. The van der Waals surface area contributed by atoms with E-state index < -0.39 is 17.6 Å². The highest BCUT2D eigenvalue weighted by atomic mass is 35.5. The van der Waals surface area contributed by atoms with Gasteiger partial charge in [0.2, 0.25) is 0 Å². The predicted molar refractivity (Wildman–Crippen MR) is 138 cm³/mol. The Morgan fingerprint density at radius 2 is 1.50 bits per heavy atom. The fourth-order valence-electron chi connectivity index (χ4n) is 5.50. The molecular weight excluding hydrogens is 479 g/mol. The van der Waals surface area contributed by atoms with Gasteiger partial charge in [0, 0.05) is 29.9 Å². The molecule has 2 fully saturated rings. The van der Waals surface area contributed by atoms with Gasteiger partial charge >= 0.3 is 0 Å². The lowest BCUT2D eigenvalue weighted by Crippen LogP contribution is -2.33. The maximum atomic E-state index is 15.5. The lowest BCUT2D eigenvalue weighted by atomic mass is 9.88. The molecule has 5 nitrogen and oxygen atoms in total. The van der Waals surface area contributed by atoms with Crippen molar-refractivity contribution in [3.63, 3.8) is 0 Å². The average molecular weight is 505 g/mol. The molecule has 2 aliphatic heterocycles. The number of halogens is 2. The molecule has 1 saturated carbocycles. The molecule has 0 atom stereocenters. The van der Waals surface area contributed by atoms with Crippen molar-refractivity contribution < 1.29 is 18.7 Å². The topological polar surface area (TPSA) is 49.9 Å². The summed E-state index contributed by atoms with van der Waals surface area (Å²) in [6, 6.07) is 15.8. The summed E-state index contributed by atoms with van der Waals surface area (Å²) in [7, 11) is 1.47. The molecule has 0 N–H and O–H groups in total. The molecule has 6 rings (SSSR count). The summed E-state index contributed by atoms with van der Waals surface area (Å²) in [6.07, 6.45) is 3.97. The number of rotatable bonds is 5. The van der Waals surface area contributed by atoms with Crippen molar-refractivity contribution >= 4 is 34.8 Å². The smallest absolute Gasteiger partial charge is 0.266 e. The third kappa shape index (κ3) is 3.84. The van der Waals surface area contributed by atoms with E-state index in [0.717, 1.165) is 35.9 Å². The van der Waals surface area contributed by atoms with E-state index in [4.69, 9.17) is 16.3 Å². The highest BCUT2D eigenvalue weighted by Gasteiger charge is 2.38. The number of hydrogen-bond acceptors (Lipinski definition) is 4. The number of fused-ring (bicyclic) bond motifs is 1. The molecule has 36 heavy (non-hydrogen) atoms. The predicted octanol–water partition coefficient (Wildman–Crippen LogP) is 6.55. The molecule has 0 bridgehead atoms. The molecule has 3 aliphatic rings. The highest BCUT2D eigenvalue weighted by Crippen LogP contribution is 2.45. The van der Waals surface area contributed by atoms with Crippen molar-refractivity contribution in [1.82, 2.24) is 0 Å². The fourth-order valence-corrected chi connectivity index (χ4v) is 5.77. The maximum absolute atomic E-state index is 15.5. The summed E-state index contributed by atoms with van der Waals surface area (Å²) in [5, 5.41) is 0.837. The second-order valence-electron chi connectivity index (χ2n) is 9.78. The molecule has 1 saturated heterocycles. The minimum Gasteiger partial charge on any atom is -0.495 e. The number of piperidine rings is 1. The fraction of sp³-hybridized carbons (Fsp3) is 0.310. The number of ether oxygens (including phenoxy) is 1. The maximum Gasteiger partial charge on any atom is 0.266 e. The Bertz CT molecular complexity index is 1340. The van der Waals surface area contributed by atoms with Gasteiger partial charge in [0.25, 0.3) is 11.8 Å². The number of nitrogens with zero attached hydrogens (tertiary/aromatic N) is 2. The van der Waals surface area contributed by atoms with Crippen molar-refractivity contribution in [2.24, 2.45) is 0 Å². The van der Waals surface area contributed by atoms with Gasteiger partial charge in [-0.15, -0.1) is 0 Å². The van der Waals surface area contributed by atoms with Crippen LogP contribution in [0.25, 0.3) is 0 Å². The van der Waals surface area contributed by atoms with Crippen molar-refractivity contribution in [2.45, 2.75) is 37.5 Å². The first-order valence-corrected chi connectivity index (χ1v) is 12.7. The van der Waals surface area contributed by atoms with Crippen molar-refractivity contribution in [2.75, 3.05) is 30.0 Å². The van der Waals surface area contributed by atoms with Gasteiger partial charge in [-0.3, -0.25) is 9.59 Å². The quantitative estimate of drug-likeness (QED) is 0.370. The first kappa shape index (κ1) is 23.0. The van der Waals surface area contributed by atoms with E-state index in [2.05, 4.69) is 17.0 Å². The van der Waals surface area contributed by atoms with E-state index in [9.17, 15) is 9.59 Å². The monoisotopic (exact) mass is 504 g/mol. The summed E-state index contributed by atoms with van der Waals surface area (Å²) >= 11 is 6.41. The molecule has 0 unspecified atom stereocenters.